The average Bonchev–Trinajstić information content (AvgIpc) is 2.73. The molecule has 1 aromatic rings. The predicted molar refractivity (Wildman–Crippen MR) is 76.8 cm³/mol. The number of rotatable bonds is 2. The molecule has 6 heteroatoms. The lowest BCUT2D eigenvalue weighted by Crippen LogP contribution is -2.26. The Hall–Kier alpha value is -0.870. The van der Waals surface area contributed by atoms with Gasteiger partial charge in [-0.25, -0.2) is 8.42 Å². The summed E-state index contributed by atoms with van der Waals surface area (Å²) in [5, 5.41) is 8.64. The van der Waals surface area contributed by atoms with Crippen molar-refractivity contribution in [3.05, 3.63) is 21.9 Å². The molecule has 0 aliphatic carbocycles. The smallest absolute Gasteiger partial charge is 0.151 e. The van der Waals surface area contributed by atoms with Crippen LogP contribution in [-0.4, -0.2) is 49.6 Å². The standard InChI is InChI=1S/C13H17NO3S2/c15-8-1-3-12-4-5-13(18-12)11-14-6-2-9-19(16,17)10-7-14/h4-5,15H,2,6-11H2. The first-order valence-corrected chi connectivity index (χ1v) is 8.84. The van der Waals surface area contributed by atoms with Gasteiger partial charge in [-0.05, 0) is 25.1 Å². The fourth-order valence-corrected chi connectivity index (χ4v) is 4.26. The second-order valence-corrected chi connectivity index (χ2v) is 7.98. The number of aliphatic hydroxyl groups is 1. The molecule has 1 aliphatic rings. The SMILES string of the molecule is O=S1(=O)CCCN(Cc2ccc(C#CCO)s2)CC1. The van der Waals surface area contributed by atoms with E-state index in [1.807, 2.05) is 12.1 Å². The van der Waals surface area contributed by atoms with Gasteiger partial charge >= 0.3 is 0 Å². The monoisotopic (exact) mass is 299 g/mol. The number of aliphatic hydroxyl groups excluding tert-OH is 1. The lowest BCUT2D eigenvalue weighted by Gasteiger charge is -2.17. The second-order valence-electron chi connectivity index (χ2n) is 4.51. The van der Waals surface area contributed by atoms with E-state index in [4.69, 9.17) is 5.11 Å². The summed E-state index contributed by atoms with van der Waals surface area (Å²) >= 11 is 1.60. The van der Waals surface area contributed by atoms with Crippen LogP contribution >= 0.6 is 11.3 Å². The molecule has 1 saturated heterocycles. The Morgan fingerprint density at radius 1 is 1.32 bits per heavy atom. The van der Waals surface area contributed by atoms with Gasteiger partial charge in [0.25, 0.3) is 0 Å². The van der Waals surface area contributed by atoms with Crippen molar-refractivity contribution in [2.75, 3.05) is 31.2 Å². The summed E-state index contributed by atoms with van der Waals surface area (Å²) in [6, 6.07) is 3.96. The minimum atomic E-state index is -2.84. The van der Waals surface area contributed by atoms with E-state index in [-0.39, 0.29) is 12.4 Å². The average molecular weight is 299 g/mol. The third-order valence-corrected chi connectivity index (χ3v) is 5.68. The number of sulfone groups is 1. The van der Waals surface area contributed by atoms with Crippen LogP contribution in [0.25, 0.3) is 0 Å². The highest BCUT2D eigenvalue weighted by Crippen LogP contribution is 2.18. The summed E-state index contributed by atoms with van der Waals surface area (Å²) in [5.74, 6) is 6.07. The Balaban J connectivity index is 1.95. The van der Waals surface area contributed by atoms with E-state index in [0.717, 1.165) is 18.0 Å². The zero-order valence-electron chi connectivity index (χ0n) is 10.6. The van der Waals surface area contributed by atoms with Crippen molar-refractivity contribution in [2.45, 2.75) is 13.0 Å². The van der Waals surface area contributed by atoms with Gasteiger partial charge in [0, 0.05) is 18.0 Å². The molecule has 4 nitrogen and oxygen atoms in total. The van der Waals surface area contributed by atoms with E-state index >= 15 is 0 Å². The molecule has 0 unspecified atom stereocenters. The van der Waals surface area contributed by atoms with Crippen molar-refractivity contribution in [1.29, 1.82) is 0 Å². The highest BCUT2D eigenvalue weighted by atomic mass is 32.2. The molecule has 0 aromatic carbocycles. The van der Waals surface area contributed by atoms with Gasteiger partial charge in [-0.15, -0.1) is 11.3 Å². The highest BCUT2D eigenvalue weighted by Gasteiger charge is 2.19. The number of nitrogens with zero attached hydrogens (tertiary/aromatic N) is 1. The molecule has 0 saturated carbocycles. The molecule has 0 radical (unpaired) electrons. The zero-order valence-corrected chi connectivity index (χ0v) is 12.3. The Morgan fingerprint density at radius 3 is 2.95 bits per heavy atom. The Kier molecular flexibility index (Phi) is 4.99. The van der Waals surface area contributed by atoms with Crippen LogP contribution in [0.5, 0.6) is 0 Å². The number of hydrogen-bond donors (Lipinski definition) is 1. The van der Waals surface area contributed by atoms with Crippen LogP contribution in [0.15, 0.2) is 12.1 Å². The minimum absolute atomic E-state index is 0.128. The third-order valence-electron chi connectivity index (χ3n) is 2.98. The summed E-state index contributed by atoms with van der Waals surface area (Å²) < 4.78 is 23.0. The van der Waals surface area contributed by atoms with Crippen LogP contribution in [0.3, 0.4) is 0 Å². The first-order valence-electron chi connectivity index (χ1n) is 6.20. The van der Waals surface area contributed by atoms with Crippen molar-refractivity contribution in [1.82, 2.24) is 4.90 Å². The lowest BCUT2D eigenvalue weighted by molar-refractivity contribution is 0.290. The molecule has 0 atom stereocenters. The van der Waals surface area contributed by atoms with Crippen LogP contribution in [0, 0.1) is 11.8 Å². The maximum atomic E-state index is 11.5. The third kappa shape index (κ3) is 4.62. The summed E-state index contributed by atoms with van der Waals surface area (Å²) in [6.45, 7) is 2.09. The summed E-state index contributed by atoms with van der Waals surface area (Å²) in [6.07, 6.45) is 0.713. The van der Waals surface area contributed by atoms with Crippen LogP contribution in [0.4, 0.5) is 0 Å². The van der Waals surface area contributed by atoms with E-state index in [0.29, 0.717) is 18.7 Å². The maximum absolute atomic E-state index is 11.5. The first-order chi connectivity index (χ1) is 9.09. The van der Waals surface area contributed by atoms with Gasteiger partial charge in [0.1, 0.15) is 6.61 Å². The molecule has 104 valence electrons. The van der Waals surface area contributed by atoms with Crippen molar-refractivity contribution in [2.24, 2.45) is 0 Å². The molecule has 2 heterocycles. The van der Waals surface area contributed by atoms with Crippen molar-refractivity contribution in [3.63, 3.8) is 0 Å². The fraction of sp³-hybridized carbons (Fsp3) is 0.538. The van der Waals surface area contributed by atoms with E-state index in [2.05, 4.69) is 16.7 Å². The van der Waals surface area contributed by atoms with Gasteiger partial charge in [0.05, 0.1) is 16.4 Å². The first kappa shape index (κ1) is 14.5. The molecule has 0 amide bonds. The van der Waals surface area contributed by atoms with Gasteiger partial charge in [0.15, 0.2) is 9.84 Å². The van der Waals surface area contributed by atoms with E-state index in [9.17, 15) is 8.42 Å². The van der Waals surface area contributed by atoms with Crippen LogP contribution < -0.4 is 0 Å². The molecule has 0 bridgehead atoms. The molecule has 1 N–H and O–H groups in total. The van der Waals surface area contributed by atoms with Gasteiger partial charge in [-0.3, -0.25) is 4.90 Å². The number of thiophene rings is 1. The van der Waals surface area contributed by atoms with E-state index < -0.39 is 9.84 Å². The Labute approximate surface area is 118 Å². The molecular formula is C13H17NO3S2. The van der Waals surface area contributed by atoms with E-state index in [1.54, 1.807) is 11.3 Å². The normalized spacial score (nSPS) is 19.4. The Morgan fingerprint density at radius 2 is 2.16 bits per heavy atom. The molecule has 0 spiro atoms. The summed E-state index contributed by atoms with van der Waals surface area (Å²) in [4.78, 5) is 4.30. The second kappa shape index (κ2) is 6.53. The minimum Gasteiger partial charge on any atom is -0.384 e. The highest BCUT2D eigenvalue weighted by molar-refractivity contribution is 7.91. The molecule has 19 heavy (non-hydrogen) atoms. The summed E-state index contributed by atoms with van der Waals surface area (Å²) in [7, 11) is -2.84. The van der Waals surface area contributed by atoms with Crippen molar-refractivity contribution >= 4 is 21.2 Å². The van der Waals surface area contributed by atoms with Crippen LogP contribution in [0.1, 0.15) is 16.2 Å². The van der Waals surface area contributed by atoms with E-state index in [1.165, 1.54) is 4.88 Å². The summed E-state index contributed by atoms with van der Waals surface area (Å²) in [5.41, 5.74) is 0. The largest absolute Gasteiger partial charge is 0.384 e. The molecular weight excluding hydrogens is 282 g/mol. The van der Waals surface area contributed by atoms with Crippen LogP contribution in [0.2, 0.25) is 0 Å². The van der Waals surface area contributed by atoms with Gasteiger partial charge in [-0.1, -0.05) is 11.8 Å². The lowest BCUT2D eigenvalue weighted by atomic mass is 10.3. The number of hydrogen-bond acceptors (Lipinski definition) is 5. The zero-order chi connectivity index (χ0) is 13.7. The Bertz CT molecular complexity index is 581. The predicted octanol–water partition coefficient (Wildman–Crippen LogP) is 0.712. The van der Waals surface area contributed by atoms with Crippen LogP contribution in [-0.2, 0) is 16.4 Å². The van der Waals surface area contributed by atoms with Gasteiger partial charge in [-0.2, -0.15) is 0 Å². The molecule has 1 aliphatic heterocycles. The molecule has 1 fully saturated rings. The molecule has 1 aromatic heterocycles. The maximum Gasteiger partial charge on any atom is 0.151 e. The quantitative estimate of drug-likeness (QED) is 0.817. The molecule has 2 rings (SSSR count). The fourth-order valence-electron chi connectivity index (χ4n) is 2.03. The topological polar surface area (TPSA) is 57.6 Å². The van der Waals surface area contributed by atoms with Crippen molar-refractivity contribution in [3.8, 4) is 11.8 Å². The van der Waals surface area contributed by atoms with Gasteiger partial charge in [0.2, 0.25) is 0 Å². The van der Waals surface area contributed by atoms with Crippen molar-refractivity contribution < 1.29 is 13.5 Å². The van der Waals surface area contributed by atoms with Gasteiger partial charge < -0.3 is 5.11 Å².